The van der Waals surface area contributed by atoms with Crippen molar-refractivity contribution >= 4 is 30.3 Å². The first kappa shape index (κ1) is 17.5. The third kappa shape index (κ3) is 3.42. The molecule has 0 aromatic heterocycles. The molecule has 0 fully saturated rings. The molecule has 0 heterocycles. The lowest BCUT2D eigenvalue weighted by atomic mass is 10.3. The van der Waals surface area contributed by atoms with Crippen molar-refractivity contribution in [2.45, 2.75) is 0 Å². The first-order valence-electron chi connectivity index (χ1n) is 7.60. The standard InChI is InChI=1S/C18H26N2O2Si/c1-19(2)15-7-11-17(12-8-15)23(21-5,22-6)18-13-9-16(10-14-18)20(3)4/h7-14H,1-6H3. The van der Waals surface area contributed by atoms with Crippen molar-refractivity contribution in [2.24, 2.45) is 0 Å². The second kappa shape index (κ2) is 7.17. The Hall–Kier alpha value is -1.82. The van der Waals surface area contributed by atoms with Gasteiger partial charge in [0.05, 0.1) is 0 Å². The average molecular weight is 331 g/mol. The van der Waals surface area contributed by atoms with Gasteiger partial charge in [0.15, 0.2) is 0 Å². The van der Waals surface area contributed by atoms with Crippen LogP contribution in [0.2, 0.25) is 0 Å². The predicted octanol–water partition coefficient (Wildman–Crippen LogP) is 1.67. The zero-order valence-electron chi connectivity index (χ0n) is 14.8. The molecule has 0 atom stereocenters. The molecule has 5 heteroatoms. The topological polar surface area (TPSA) is 24.9 Å². The van der Waals surface area contributed by atoms with Gasteiger partial charge in [-0.3, -0.25) is 0 Å². The minimum absolute atomic E-state index is 1.10. The largest absolute Gasteiger partial charge is 0.406 e. The van der Waals surface area contributed by atoms with Crippen LogP contribution in [0, 0.1) is 0 Å². The summed E-state index contributed by atoms with van der Waals surface area (Å²) in [7, 11) is 8.95. The summed E-state index contributed by atoms with van der Waals surface area (Å²) in [5.41, 5.74) is 2.32. The maximum absolute atomic E-state index is 5.95. The molecule has 23 heavy (non-hydrogen) atoms. The molecule has 124 valence electrons. The molecule has 0 spiro atoms. The van der Waals surface area contributed by atoms with E-state index in [2.05, 4.69) is 58.3 Å². The maximum atomic E-state index is 5.95. The first-order chi connectivity index (χ1) is 10.9. The molecule has 0 aliphatic rings. The number of nitrogens with zero attached hydrogens (tertiary/aromatic N) is 2. The summed E-state index contributed by atoms with van der Waals surface area (Å²) in [4.78, 5) is 4.16. The molecule has 0 amide bonds. The van der Waals surface area contributed by atoms with Gasteiger partial charge in [0, 0.05) is 53.8 Å². The summed E-state index contributed by atoms with van der Waals surface area (Å²) in [5, 5.41) is 2.21. The lowest BCUT2D eigenvalue weighted by Gasteiger charge is -2.29. The highest BCUT2D eigenvalue weighted by molar-refractivity contribution is 6.92. The van der Waals surface area contributed by atoms with Gasteiger partial charge in [-0.25, -0.2) is 0 Å². The normalized spacial score (nSPS) is 11.4. The quantitative estimate of drug-likeness (QED) is 0.752. The average Bonchev–Trinajstić information content (AvgIpc) is 2.57. The summed E-state index contributed by atoms with van der Waals surface area (Å²) < 4.78 is 11.9. The van der Waals surface area contributed by atoms with E-state index in [-0.39, 0.29) is 0 Å². The van der Waals surface area contributed by atoms with Crippen LogP contribution in [0.3, 0.4) is 0 Å². The highest BCUT2D eigenvalue weighted by atomic mass is 28.4. The van der Waals surface area contributed by atoms with Gasteiger partial charge < -0.3 is 18.7 Å². The monoisotopic (exact) mass is 330 g/mol. The van der Waals surface area contributed by atoms with Crippen molar-refractivity contribution in [1.29, 1.82) is 0 Å². The van der Waals surface area contributed by atoms with E-state index in [9.17, 15) is 0 Å². The van der Waals surface area contributed by atoms with E-state index >= 15 is 0 Å². The molecule has 0 saturated carbocycles. The Kier molecular flexibility index (Phi) is 5.46. The Labute approximate surface area is 140 Å². The fourth-order valence-electron chi connectivity index (χ4n) is 2.68. The summed E-state index contributed by atoms with van der Waals surface area (Å²) >= 11 is 0. The van der Waals surface area contributed by atoms with E-state index in [1.807, 2.05) is 28.2 Å². The van der Waals surface area contributed by atoms with E-state index in [0.717, 1.165) is 21.7 Å². The van der Waals surface area contributed by atoms with Gasteiger partial charge in [0.1, 0.15) is 0 Å². The molecular formula is C18H26N2O2Si. The highest BCUT2D eigenvalue weighted by Crippen LogP contribution is 2.15. The van der Waals surface area contributed by atoms with E-state index in [1.165, 1.54) is 0 Å². The van der Waals surface area contributed by atoms with Gasteiger partial charge in [-0.2, -0.15) is 0 Å². The van der Waals surface area contributed by atoms with Crippen LogP contribution in [0.4, 0.5) is 11.4 Å². The van der Waals surface area contributed by atoms with Crippen LogP contribution in [0.25, 0.3) is 0 Å². The van der Waals surface area contributed by atoms with Crippen LogP contribution >= 0.6 is 0 Å². The zero-order valence-corrected chi connectivity index (χ0v) is 15.8. The Bertz CT molecular complexity index is 567. The van der Waals surface area contributed by atoms with Crippen LogP contribution < -0.4 is 20.2 Å². The smallest absolute Gasteiger partial charge is 0.391 e. The van der Waals surface area contributed by atoms with E-state index in [0.29, 0.717) is 0 Å². The zero-order chi connectivity index (χ0) is 17.0. The van der Waals surface area contributed by atoms with Crippen LogP contribution in [-0.4, -0.2) is 51.0 Å². The molecule has 0 unspecified atom stereocenters. The fourth-order valence-corrected chi connectivity index (χ4v) is 5.33. The Morgan fingerprint density at radius 1 is 0.609 bits per heavy atom. The van der Waals surface area contributed by atoms with Gasteiger partial charge in [-0.1, -0.05) is 24.3 Å². The van der Waals surface area contributed by atoms with Crippen molar-refractivity contribution in [2.75, 3.05) is 52.2 Å². The highest BCUT2D eigenvalue weighted by Gasteiger charge is 2.40. The molecular weight excluding hydrogens is 304 g/mol. The Balaban J connectivity index is 2.45. The minimum atomic E-state index is -2.65. The SMILES string of the molecule is CO[Si](OC)(c1ccc(N(C)C)cc1)c1ccc(N(C)C)cc1. The van der Waals surface area contributed by atoms with Gasteiger partial charge in [0.2, 0.25) is 0 Å². The number of anilines is 2. The number of rotatable bonds is 6. The van der Waals surface area contributed by atoms with Gasteiger partial charge in [-0.05, 0) is 34.6 Å². The molecule has 0 aliphatic heterocycles. The molecule has 0 aliphatic carbocycles. The van der Waals surface area contributed by atoms with E-state index < -0.39 is 8.56 Å². The maximum Gasteiger partial charge on any atom is 0.406 e. The van der Waals surface area contributed by atoms with E-state index in [1.54, 1.807) is 14.2 Å². The van der Waals surface area contributed by atoms with Crippen LogP contribution in [0.15, 0.2) is 48.5 Å². The summed E-state index contributed by atoms with van der Waals surface area (Å²) in [6.07, 6.45) is 0. The predicted molar refractivity (Wildman–Crippen MR) is 101 cm³/mol. The lowest BCUT2D eigenvalue weighted by molar-refractivity contribution is 0.272. The third-order valence-corrected chi connectivity index (χ3v) is 7.44. The molecule has 2 aromatic rings. The minimum Gasteiger partial charge on any atom is -0.391 e. The van der Waals surface area contributed by atoms with Gasteiger partial charge >= 0.3 is 8.56 Å². The molecule has 4 nitrogen and oxygen atoms in total. The molecule has 2 rings (SSSR count). The Morgan fingerprint density at radius 2 is 0.913 bits per heavy atom. The number of hydrogen-bond donors (Lipinski definition) is 0. The lowest BCUT2D eigenvalue weighted by Crippen LogP contribution is -2.62. The molecule has 0 bridgehead atoms. The van der Waals surface area contributed by atoms with Gasteiger partial charge in [0.25, 0.3) is 0 Å². The second-order valence-corrected chi connectivity index (χ2v) is 9.11. The van der Waals surface area contributed by atoms with Crippen molar-refractivity contribution in [3.63, 3.8) is 0 Å². The van der Waals surface area contributed by atoms with Crippen molar-refractivity contribution in [3.8, 4) is 0 Å². The molecule has 0 radical (unpaired) electrons. The van der Waals surface area contributed by atoms with E-state index in [4.69, 9.17) is 8.85 Å². The van der Waals surface area contributed by atoms with Crippen molar-refractivity contribution < 1.29 is 8.85 Å². The number of benzene rings is 2. The molecule has 0 saturated heterocycles. The second-order valence-electron chi connectivity index (χ2n) is 5.91. The summed E-state index contributed by atoms with van der Waals surface area (Å²) in [6.45, 7) is 0. The molecule has 0 N–H and O–H groups in total. The third-order valence-electron chi connectivity index (χ3n) is 4.10. The van der Waals surface area contributed by atoms with Crippen molar-refractivity contribution in [1.82, 2.24) is 0 Å². The van der Waals surface area contributed by atoms with Crippen molar-refractivity contribution in [3.05, 3.63) is 48.5 Å². The summed E-state index contributed by atoms with van der Waals surface area (Å²) in [5.74, 6) is 0. The van der Waals surface area contributed by atoms with Gasteiger partial charge in [-0.15, -0.1) is 0 Å². The Morgan fingerprint density at radius 3 is 1.13 bits per heavy atom. The molecule has 2 aromatic carbocycles. The van der Waals surface area contributed by atoms with Crippen LogP contribution in [0.1, 0.15) is 0 Å². The summed E-state index contributed by atoms with van der Waals surface area (Å²) in [6, 6.07) is 16.8. The first-order valence-corrected chi connectivity index (χ1v) is 9.42. The fraction of sp³-hybridized carbons (Fsp3) is 0.333. The number of hydrogen-bond acceptors (Lipinski definition) is 4. The van der Waals surface area contributed by atoms with Crippen LogP contribution in [0.5, 0.6) is 0 Å². The van der Waals surface area contributed by atoms with Crippen LogP contribution in [-0.2, 0) is 8.85 Å².